The van der Waals surface area contributed by atoms with Crippen LogP contribution in [-0.2, 0) is 11.2 Å². The molecule has 1 saturated heterocycles. The van der Waals surface area contributed by atoms with Gasteiger partial charge in [-0.1, -0.05) is 12.1 Å². The van der Waals surface area contributed by atoms with Gasteiger partial charge < -0.3 is 20.8 Å². The maximum atomic E-state index is 12.1. The zero-order valence-electron chi connectivity index (χ0n) is 10.8. The lowest BCUT2D eigenvalue weighted by atomic mass is 10.0. The van der Waals surface area contributed by atoms with Crippen molar-refractivity contribution in [2.75, 3.05) is 13.1 Å². The topological polar surface area (TPSA) is 86.8 Å². The molecule has 4 N–H and O–H groups in total. The SMILES string of the molecule is N[C@@H](Cc1ccc(O)cc1)C(=O)N1CCC(O)CC1. The summed E-state index contributed by atoms with van der Waals surface area (Å²) in [4.78, 5) is 13.9. The van der Waals surface area contributed by atoms with Gasteiger partial charge in [0, 0.05) is 13.1 Å². The molecule has 1 aliphatic rings. The van der Waals surface area contributed by atoms with E-state index in [9.17, 15) is 15.0 Å². The minimum atomic E-state index is -0.570. The van der Waals surface area contributed by atoms with Crippen molar-refractivity contribution in [2.24, 2.45) is 5.73 Å². The maximum absolute atomic E-state index is 12.1. The molecule has 2 rings (SSSR count). The summed E-state index contributed by atoms with van der Waals surface area (Å²) in [5.74, 6) is 0.133. The third kappa shape index (κ3) is 3.68. The molecule has 1 amide bonds. The number of phenols is 1. The van der Waals surface area contributed by atoms with Crippen molar-refractivity contribution in [1.29, 1.82) is 0 Å². The summed E-state index contributed by atoms with van der Waals surface area (Å²) < 4.78 is 0. The van der Waals surface area contributed by atoms with Crippen molar-refractivity contribution in [2.45, 2.75) is 31.4 Å². The fraction of sp³-hybridized carbons (Fsp3) is 0.500. The number of phenolic OH excluding ortho intramolecular Hbond substituents is 1. The summed E-state index contributed by atoms with van der Waals surface area (Å²) in [6, 6.07) is 6.14. The molecule has 0 aromatic heterocycles. The molecule has 0 saturated carbocycles. The molecular weight excluding hydrogens is 244 g/mol. The van der Waals surface area contributed by atoms with Crippen LogP contribution in [0, 0.1) is 0 Å². The monoisotopic (exact) mass is 264 g/mol. The Balaban J connectivity index is 1.90. The number of aliphatic hydroxyl groups excluding tert-OH is 1. The number of aliphatic hydroxyl groups is 1. The van der Waals surface area contributed by atoms with Gasteiger partial charge in [-0.05, 0) is 37.0 Å². The van der Waals surface area contributed by atoms with Crippen LogP contribution in [0.3, 0.4) is 0 Å². The lowest BCUT2D eigenvalue weighted by Gasteiger charge is -2.31. The largest absolute Gasteiger partial charge is 0.508 e. The Bertz CT molecular complexity index is 425. The third-order valence-electron chi connectivity index (χ3n) is 3.49. The van der Waals surface area contributed by atoms with E-state index in [2.05, 4.69) is 0 Å². The van der Waals surface area contributed by atoms with Gasteiger partial charge in [0.2, 0.25) is 5.91 Å². The summed E-state index contributed by atoms with van der Waals surface area (Å²) in [5.41, 5.74) is 6.86. The van der Waals surface area contributed by atoms with Crippen LogP contribution in [0.1, 0.15) is 18.4 Å². The molecule has 1 atom stereocenters. The molecule has 0 bridgehead atoms. The third-order valence-corrected chi connectivity index (χ3v) is 3.49. The van der Waals surface area contributed by atoms with E-state index in [0.717, 1.165) is 5.56 Å². The van der Waals surface area contributed by atoms with E-state index in [1.54, 1.807) is 29.2 Å². The summed E-state index contributed by atoms with van der Waals surface area (Å²) >= 11 is 0. The number of carbonyl (C=O) groups excluding carboxylic acids is 1. The number of nitrogens with two attached hydrogens (primary N) is 1. The summed E-state index contributed by atoms with van der Waals surface area (Å²) in [6.07, 6.45) is 1.41. The highest BCUT2D eigenvalue weighted by molar-refractivity contribution is 5.82. The Morgan fingerprint density at radius 2 is 1.89 bits per heavy atom. The van der Waals surface area contributed by atoms with E-state index in [1.807, 2.05) is 0 Å². The van der Waals surface area contributed by atoms with Gasteiger partial charge in [0.15, 0.2) is 0 Å². The first kappa shape index (κ1) is 13.8. The maximum Gasteiger partial charge on any atom is 0.239 e. The molecule has 0 aliphatic carbocycles. The predicted octanol–water partition coefficient (Wildman–Crippen LogP) is 0.245. The van der Waals surface area contributed by atoms with Gasteiger partial charge in [-0.3, -0.25) is 4.79 Å². The molecule has 1 heterocycles. The Hall–Kier alpha value is -1.59. The number of likely N-dealkylation sites (tertiary alicyclic amines) is 1. The predicted molar refractivity (Wildman–Crippen MR) is 71.6 cm³/mol. The number of hydrogen-bond acceptors (Lipinski definition) is 4. The first-order chi connectivity index (χ1) is 9.06. The number of rotatable bonds is 3. The van der Waals surface area contributed by atoms with Crippen LogP contribution in [0.15, 0.2) is 24.3 Å². The molecule has 1 aromatic rings. The van der Waals surface area contributed by atoms with Crippen LogP contribution in [0.2, 0.25) is 0 Å². The zero-order chi connectivity index (χ0) is 13.8. The second-order valence-corrected chi connectivity index (χ2v) is 5.03. The molecule has 0 radical (unpaired) electrons. The fourth-order valence-electron chi connectivity index (χ4n) is 2.29. The highest BCUT2D eigenvalue weighted by Gasteiger charge is 2.25. The Morgan fingerprint density at radius 1 is 1.32 bits per heavy atom. The van der Waals surface area contributed by atoms with Crippen LogP contribution in [0.4, 0.5) is 0 Å². The summed E-state index contributed by atoms with van der Waals surface area (Å²) in [7, 11) is 0. The fourth-order valence-corrected chi connectivity index (χ4v) is 2.29. The molecule has 1 aromatic carbocycles. The number of benzene rings is 1. The normalized spacial score (nSPS) is 18.3. The van der Waals surface area contributed by atoms with Crippen molar-refractivity contribution in [3.63, 3.8) is 0 Å². The smallest absolute Gasteiger partial charge is 0.239 e. The number of piperidine rings is 1. The molecule has 1 aliphatic heterocycles. The first-order valence-electron chi connectivity index (χ1n) is 6.56. The van der Waals surface area contributed by atoms with Gasteiger partial charge in [-0.2, -0.15) is 0 Å². The number of hydrogen-bond donors (Lipinski definition) is 3. The van der Waals surface area contributed by atoms with Crippen LogP contribution >= 0.6 is 0 Å². The lowest BCUT2D eigenvalue weighted by molar-refractivity contribution is -0.134. The van der Waals surface area contributed by atoms with Crippen molar-refractivity contribution >= 4 is 5.91 Å². The highest BCUT2D eigenvalue weighted by atomic mass is 16.3. The quantitative estimate of drug-likeness (QED) is 0.730. The highest BCUT2D eigenvalue weighted by Crippen LogP contribution is 2.14. The minimum Gasteiger partial charge on any atom is -0.508 e. The molecule has 19 heavy (non-hydrogen) atoms. The average Bonchev–Trinajstić information content (AvgIpc) is 2.41. The van der Waals surface area contributed by atoms with Crippen LogP contribution < -0.4 is 5.73 Å². The van der Waals surface area contributed by atoms with Gasteiger partial charge in [0.1, 0.15) is 5.75 Å². The standard InChI is InChI=1S/C14H20N2O3/c15-13(9-10-1-3-11(17)4-2-10)14(19)16-7-5-12(18)6-8-16/h1-4,12-13,17-18H,5-9,15H2/t13-/m0/s1. The first-order valence-corrected chi connectivity index (χ1v) is 6.56. The van der Waals surface area contributed by atoms with Crippen molar-refractivity contribution in [3.05, 3.63) is 29.8 Å². The Labute approximate surface area is 112 Å². The number of nitrogens with zero attached hydrogens (tertiary/aromatic N) is 1. The van der Waals surface area contributed by atoms with Crippen molar-refractivity contribution < 1.29 is 15.0 Å². The van der Waals surface area contributed by atoms with E-state index in [1.165, 1.54) is 0 Å². The van der Waals surface area contributed by atoms with Gasteiger partial charge >= 0.3 is 0 Å². The molecule has 0 unspecified atom stereocenters. The zero-order valence-corrected chi connectivity index (χ0v) is 10.8. The number of amides is 1. The van der Waals surface area contributed by atoms with Gasteiger partial charge in [-0.15, -0.1) is 0 Å². The van der Waals surface area contributed by atoms with E-state index >= 15 is 0 Å². The van der Waals surface area contributed by atoms with Crippen molar-refractivity contribution in [3.8, 4) is 5.75 Å². The molecule has 5 nitrogen and oxygen atoms in total. The van der Waals surface area contributed by atoms with Gasteiger partial charge in [0.25, 0.3) is 0 Å². The van der Waals surface area contributed by atoms with E-state index in [4.69, 9.17) is 5.73 Å². The Kier molecular flexibility index (Phi) is 4.39. The van der Waals surface area contributed by atoms with Crippen LogP contribution in [-0.4, -0.2) is 46.3 Å². The van der Waals surface area contributed by atoms with Crippen molar-refractivity contribution in [1.82, 2.24) is 4.90 Å². The van der Waals surface area contributed by atoms with E-state index in [0.29, 0.717) is 32.4 Å². The van der Waals surface area contributed by atoms with Gasteiger partial charge in [-0.25, -0.2) is 0 Å². The molecule has 5 heteroatoms. The van der Waals surface area contributed by atoms with E-state index < -0.39 is 6.04 Å². The summed E-state index contributed by atoms with van der Waals surface area (Å²) in [6.45, 7) is 1.15. The second-order valence-electron chi connectivity index (χ2n) is 5.03. The number of carbonyl (C=O) groups is 1. The number of aromatic hydroxyl groups is 1. The van der Waals surface area contributed by atoms with Crippen LogP contribution in [0.25, 0.3) is 0 Å². The minimum absolute atomic E-state index is 0.0695. The van der Waals surface area contributed by atoms with E-state index in [-0.39, 0.29) is 17.8 Å². The molecule has 1 fully saturated rings. The second kappa shape index (κ2) is 6.04. The molecule has 104 valence electrons. The average molecular weight is 264 g/mol. The lowest BCUT2D eigenvalue weighted by Crippen LogP contribution is -2.48. The van der Waals surface area contributed by atoms with Gasteiger partial charge in [0.05, 0.1) is 12.1 Å². The van der Waals surface area contributed by atoms with Crippen LogP contribution in [0.5, 0.6) is 5.75 Å². The summed E-state index contributed by atoms with van der Waals surface area (Å²) in [5, 5.41) is 18.6. The molecule has 0 spiro atoms. The Morgan fingerprint density at radius 3 is 2.47 bits per heavy atom. The molecular formula is C14H20N2O3.